The molecule has 0 aromatic carbocycles. The SMILES string of the molecule is CC(OC(=O)c1ccnc(Cl)c1)C(=O)Nc1cccnc1. The molecule has 108 valence electrons. The molecule has 2 rings (SSSR count). The molecule has 0 aliphatic heterocycles. The number of halogens is 1. The summed E-state index contributed by atoms with van der Waals surface area (Å²) in [4.78, 5) is 31.4. The van der Waals surface area contributed by atoms with Crippen molar-refractivity contribution in [1.29, 1.82) is 0 Å². The van der Waals surface area contributed by atoms with Crippen molar-refractivity contribution in [2.24, 2.45) is 0 Å². The Morgan fingerprint density at radius 1 is 1.33 bits per heavy atom. The Bertz CT molecular complexity index is 649. The molecular weight excluding hydrogens is 294 g/mol. The van der Waals surface area contributed by atoms with Crippen molar-refractivity contribution in [2.75, 3.05) is 5.32 Å². The van der Waals surface area contributed by atoms with Gasteiger partial charge in [0, 0.05) is 12.4 Å². The largest absolute Gasteiger partial charge is 0.449 e. The van der Waals surface area contributed by atoms with E-state index in [1.807, 2.05) is 0 Å². The smallest absolute Gasteiger partial charge is 0.339 e. The van der Waals surface area contributed by atoms with E-state index in [1.54, 1.807) is 18.3 Å². The van der Waals surface area contributed by atoms with Gasteiger partial charge < -0.3 is 10.1 Å². The third-order valence-electron chi connectivity index (χ3n) is 2.54. The normalized spacial score (nSPS) is 11.5. The zero-order valence-electron chi connectivity index (χ0n) is 11.1. The van der Waals surface area contributed by atoms with Crippen LogP contribution in [0.4, 0.5) is 5.69 Å². The van der Waals surface area contributed by atoms with E-state index in [-0.39, 0.29) is 10.7 Å². The van der Waals surface area contributed by atoms with Crippen molar-refractivity contribution in [3.8, 4) is 0 Å². The summed E-state index contributed by atoms with van der Waals surface area (Å²) in [5.41, 5.74) is 0.758. The van der Waals surface area contributed by atoms with Crippen LogP contribution in [0.2, 0.25) is 5.15 Å². The minimum Gasteiger partial charge on any atom is -0.449 e. The zero-order chi connectivity index (χ0) is 15.2. The molecule has 0 saturated heterocycles. The molecular formula is C14H12ClN3O3. The number of amides is 1. The van der Waals surface area contributed by atoms with Crippen LogP contribution in [0.15, 0.2) is 42.9 Å². The standard InChI is InChI=1S/C14H12ClN3O3/c1-9(13(19)18-11-3-2-5-16-8-11)21-14(20)10-4-6-17-12(15)7-10/h2-9H,1H3,(H,18,19). The third kappa shape index (κ3) is 4.25. The molecule has 1 atom stereocenters. The van der Waals surface area contributed by atoms with Gasteiger partial charge in [-0.3, -0.25) is 9.78 Å². The van der Waals surface area contributed by atoms with Crippen molar-refractivity contribution < 1.29 is 14.3 Å². The second-order valence-corrected chi connectivity index (χ2v) is 4.53. The number of carbonyl (C=O) groups is 2. The van der Waals surface area contributed by atoms with E-state index >= 15 is 0 Å². The first-order valence-electron chi connectivity index (χ1n) is 6.09. The van der Waals surface area contributed by atoms with Crippen LogP contribution in [0.5, 0.6) is 0 Å². The molecule has 2 aromatic heterocycles. The Balaban J connectivity index is 1.96. The van der Waals surface area contributed by atoms with Crippen LogP contribution < -0.4 is 5.32 Å². The van der Waals surface area contributed by atoms with Crippen LogP contribution in [-0.2, 0) is 9.53 Å². The molecule has 7 heteroatoms. The van der Waals surface area contributed by atoms with Crippen LogP contribution in [0.25, 0.3) is 0 Å². The maximum atomic E-state index is 11.9. The molecule has 21 heavy (non-hydrogen) atoms. The molecule has 2 heterocycles. The van der Waals surface area contributed by atoms with Gasteiger partial charge in [-0.25, -0.2) is 9.78 Å². The number of aromatic nitrogens is 2. The Morgan fingerprint density at radius 3 is 2.81 bits per heavy atom. The minimum absolute atomic E-state index is 0.178. The molecule has 1 amide bonds. The highest BCUT2D eigenvalue weighted by molar-refractivity contribution is 6.29. The van der Waals surface area contributed by atoms with Crippen molar-refractivity contribution in [3.05, 3.63) is 53.6 Å². The number of anilines is 1. The van der Waals surface area contributed by atoms with Gasteiger partial charge in [0.25, 0.3) is 5.91 Å². The van der Waals surface area contributed by atoms with Gasteiger partial charge in [0.05, 0.1) is 17.4 Å². The van der Waals surface area contributed by atoms with Gasteiger partial charge in [0.15, 0.2) is 6.10 Å². The number of hydrogen-bond donors (Lipinski definition) is 1. The van der Waals surface area contributed by atoms with Crippen LogP contribution in [0.1, 0.15) is 17.3 Å². The van der Waals surface area contributed by atoms with Gasteiger partial charge in [0.2, 0.25) is 0 Å². The highest BCUT2D eigenvalue weighted by Crippen LogP contribution is 2.10. The second kappa shape index (κ2) is 6.81. The van der Waals surface area contributed by atoms with E-state index in [0.717, 1.165) is 0 Å². The molecule has 0 aliphatic rings. The molecule has 0 aliphatic carbocycles. The molecule has 0 saturated carbocycles. The molecule has 2 aromatic rings. The Labute approximate surface area is 126 Å². The fourth-order valence-corrected chi connectivity index (χ4v) is 1.67. The number of pyridine rings is 2. The second-order valence-electron chi connectivity index (χ2n) is 4.15. The highest BCUT2D eigenvalue weighted by atomic mass is 35.5. The first kappa shape index (κ1) is 14.9. The summed E-state index contributed by atoms with van der Waals surface area (Å²) in [6.07, 6.45) is 3.52. The summed E-state index contributed by atoms with van der Waals surface area (Å²) in [6, 6.07) is 6.20. The quantitative estimate of drug-likeness (QED) is 0.692. The third-order valence-corrected chi connectivity index (χ3v) is 2.75. The fourth-order valence-electron chi connectivity index (χ4n) is 1.49. The van der Waals surface area contributed by atoms with Crippen LogP contribution in [-0.4, -0.2) is 27.9 Å². The fraction of sp³-hybridized carbons (Fsp3) is 0.143. The molecule has 6 nitrogen and oxygen atoms in total. The lowest BCUT2D eigenvalue weighted by atomic mass is 10.2. The minimum atomic E-state index is -0.954. The van der Waals surface area contributed by atoms with E-state index < -0.39 is 18.0 Å². The molecule has 0 fully saturated rings. The maximum Gasteiger partial charge on any atom is 0.339 e. The number of nitrogens with one attached hydrogen (secondary N) is 1. The first-order valence-corrected chi connectivity index (χ1v) is 6.47. The summed E-state index contributed by atoms with van der Waals surface area (Å²) in [6.45, 7) is 1.48. The molecule has 0 radical (unpaired) electrons. The van der Waals surface area contributed by atoms with Gasteiger partial charge in [-0.15, -0.1) is 0 Å². The lowest BCUT2D eigenvalue weighted by Crippen LogP contribution is -2.30. The Kier molecular flexibility index (Phi) is 4.84. The first-order chi connectivity index (χ1) is 10.1. The van der Waals surface area contributed by atoms with Crippen molar-refractivity contribution in [3.63, 3.8) is 0 Å². The average Bonchev–Trinajstić information content (AvgIpc) is 2.48. The van der Waals surface area contributed by atoms with E-state index in [0.29, 0.717) is 5.69 Å². The number of esters is 1. The Morgan fingerprint density at radius 2 is 2.14 bits per heavy atom. The predicted molar refractivity (Wildman–Crippen MR) is 77.0 cm³/mol. The monoisotopic (exact) mass is 305 g/mol. The van der Waals surface area contributed by atoms with E-state index in [9.17, 15) is 9.59 Å². The molecule has 0 spiro atoms. The summed E-state index contributed by atoms with van der Waals surface area (Å²) < 4.78 is 5.07. The molecule has 1 unspecified atom stereocenters. The molecule has 0 bridgehead atoms. The number of rotatable bonds is 4. The van der Waals surface area contributed by atoms with E-state index in [2.05, 4.69) is 15.3 Å². The van der Waals surface area contributed by atoms with E-state index in [4.69, 9.17) is 16.3 Å². The lowest BCUT2D eigenvalue weighted by Gasteiger charge is -2.13. The van der Waals surface area contributed by atoms with Gasteiger partial charge in [-0.05, 0) is 31.2 Å². The summed E-state index contributed by atoms with van der Waals surface area (Å²) in [5.74, 6) is -1.09. The number of carbonyl (C=O) groups excluding carboxylic acids is 2. The van der Waals surface area contributed by atoms with Crippen molar-refractivity contribution in [2.45, 2.75) is 13.0 Å². The van der Waals surface area contributed by atoms with Crippen molar-refractivity contribution >= 4 is 29.2 Å². The zero-order valence-corrected chi connectivity index (χ0v) is 11.9. The van der Waals surface area contributed by atoms with Crippen LogP contribution in [0, 0.1) is 0 Å². The van der Waals surface area contributed by atoms with Crippen molar-refractivity contribution in [1.82, 2.24) is 9.97 Å². The summed E-state index contributed by atoms with van der Waals surface area (Å²) >= 11 is 5.69. The lowest BCUT2D eigenvalue weighted by molar-refractivity contribution is -0.123. The number of ether oxygens (including phenoxy) is 1. The number of nitrogens with zero attached hydrogens (tertiary/aromatic N) is 2. The van der Waals surface area contributed by atoms with E-state index in [1.165, 1.54) is 31.5 Å². The maximum absolute atomic E-state index is 11.9. The molecule has 1 N–H and O–H groups in total. The summed E-state index contributed by atoms with van der Waals surface area (Å²) in [5, 5.41) is 2.77. The van der Waals surface area contributed by atoms with Gasteiger partial charge in [-0.1, -0.05) is 11.6 Å². The summed E-state index contributed by atoms with van der Waals surface area (Å²) in [7, 11) is 0. The van der Waals surface area contributed by atoms with Crippen LogP contribution in [0.3, 0.4) is 0 Å². The topological polar surface area (TPSA) is 81.2 Å². The predicted octanol–water partition coefficient (Wildman–Crippen LogP) is 2.31. The van der Waals surface area contributed by atoms with Gasteiger partial charge in [-0.2, -0.15) is 0 Å². The highest BCUT2D eigenvalue weighted by Gasteiger charge is 2.19. The Hall–Kier alpha value is -2.47. The van der Waals surface area contributed by atoms with Gasteiger partial charge >= 0.3 is 5.97 Å². The van der Waals surface area contributed by atoms with Gasteiger partial charge in [0.1, 0.15) is 5.15 Å². The average molecular weight is 306 g/mol. The number of hydrogen-bond acceptors (Lipinski definition) is 5. The van der Waals surface area contributed by atoms with Crippen LogP contribution >= 0.6 is 11.6 Å².